The third kappa shape index (κ3) is 12.0. The molecular weight excluding hydrogens is 803 g/mol. The van der Waals surface area contributed by atoms with E-state index in [9.17, 15) is 30.3 Å². The van der Waals surface area contributed by atoms with Crippen molar-refractivity contribution in [2.45, 2.75) is 179 Å². The van der Waals surface area contributed by atoms with Crippen LogP contribution in [0.4, 0.5) is 5.69 Å². The Morgan fingerprint density at radius 2 is 1.53 bits per heavy atom. The minimum Gasteiger partial charge on any atom is -0.459 e. The Kier molecular flexibility index (Phi) is 18.2. The van der Waals surface area contributed by atoms with Gasteiger partial charge in [-0.3, -0.25) is 4.79 Å². The fourth-order valence-corrected chi connectivity index (χ4v) is 9.70. The molecule has 16 heteroatoms. The van der Waals surface area contributed by atoms with Crippen LogP contribution >= 0.6 is 0 Å². The Morgan fingerprint density at radius 1 is 0.887 bits per heavy atom. The van der Waals surface area contributed by atoms with E-state index in [-0.39, 0.29) is 38.0 Å². The number of aliphatic hydroxyl groups is 5. The third-order valence-electron chi connectivity index (χ3n) is 13.7. The van der Waals surface area contributed by atoms with Crippen LogP contribution in [-0.2, 0) is 38.1 Å². The first-order valence-corrected chi connectivity index (χ1v) is 22.4. The summed E-state index contributed by atoms with van der Waals surface area (Å²) >= 11 is 0. The van der Waals surface area contributed by atoms with E-state index in [1.807, 2.05) is 75.1 Å². The standard InChI is InChI=1S/C46H79N3O13/c1-15-34-46(10,55)39(51)28(4)36(47-57-22-21-49(13)32-19-17-16-18-20-32)26(2)24-44(8,54)41(62-43-37(50)33(48(11)12)23-27(3)58-43)29(5)38(30(6)42(53)60-34)61-35-25-45(9,56-14)40(52)31(7)59-35/h16-20,26-31,33-35,37-41,43,50-52,54-55H,15,21-25H2,1-14H3/b47-36+/t26-,27-,28-,29+,30-,31+,33+,34+,35?,37-,38+,39-,40+,41-,43+,44?,45-,46-/m1/s1. The van der Waals surface area contributed by atoms with Crippen molar-refractivity contribution >= 4 is 17.4 Å². The van der Waals surface area contributed by atoms with Crippen molar-refractivity contribution in [2.75, 3.05) is 46.3 Å². The molecule has 62 heavy (non-hydrogen) atoms. The molecule has 1 aromatic carbocycles. The van der Waals surface area contributed by atoms with Crippen molar-refractivity contribution in [1.29, 1.82) is 0 Å². The molecule has 0 radical (unpaired) electrons. The molecule has 3 aliphatic heterocycles. The summed E-state index contributed by atoms with van der Waals surface area (Å²) in [6.07, 6.45) is -9.37. The predicted molar refractivity (Wildman–Crippen MR) is 234 cm³/mol. The molecule has 3 fully saturated rings. The number of methoxy groups -OCH3 is 1. The van der Waals surface area contributed by atoms with Crippen molar-refractivity contribution < 1.29 is 63.6 Å². The van der Waals surface area contributed by atoms with Crippen LogP contribution in [0.2, 0.25) is 0 Å². The first-order valence-electron chi connectivity index (χ1n) is 22.4. The lowest BCUT2D eigenvalue weighted by molar-refractivity contribution is -0.317. The highest BCUT2D eigenvalue weighted by atomic mass is 16.7. The number of likely N-dealkylation sites (N-methyl/N-ethyl adjacent to an activating group) is 2. The van der Waals surface area contributed by atoms with Gasteiger partial charge in [0, 0.05) is 50.1 Å². The van der Waals surface area contributed by atoms with E-state index in [0.29, 0.717) is 18.7 Å². The average molecular weight is 882 g/mol. The van der Waals surface area contributed by atoms with Crippen molar-refractivity contribution in [3.8, 4) is 0 Å². The number of oxime groups is 1. The molecule has 3 aliphatic rings. The van der Waals surface area contributed by atoms with Crippen LogP contribution in [0.1, 0.15) is 94.9 Å². The molecule has 3 heterocycles. The van der Waals surface area contributed by atoms with Gasteiger partial charge in [0.25, 0.3) is 0 Å². The highest BCUT2D eigenvalue weighted by molar-refractivity contribution is 5.88. The van der Waals surface area contributed by atoms with Crippen molar-refractivity contribution in [2.24, 2.45) is 28.8 Å². The van der Waals surface area contributed by atoms with E-state index in [0.717, 1.165) is 5.69 Å². The molecule has 0 bridgehead atoms. The van der Waals surface area contributed by atoms with Crippen molar-refractivity contribution in [3.05, 3.63) is 30.3 Å². The number of anilines is 1. The number of nitrogens with zero attached hydrogens (tertiary/aromatic N) is 3. The Hall–Kier alpha value is -2.48. The summed E-state index contributed by atoms with van der Waals surface area (Å²) in [6.45, 7) is 17.9. The number of hydrogen-bond donors (Lipinski definition) is 5. The number of rotatable bonds is 12. The van der Waals surface area contributed by atoms with E-state index in [1.165, 1.54) is 14.0 Å². The minimum absolute atomic E-state index is 0.00352. The number of carbonyl (C=O) groups is 1. The maximum atomic E-state index is 14.4. The molecule has 2 unspecified atom stereocenters. The van der Waals surface area contributed by atoms with Gasteiger partial charge in [0.15, 0.2) is 12.6 Å². The Bertz CT molecular complexity index is 1580. The molecule has 5 N–H and O–H groups in total. The van der Waals surface area contributed by atoms with E-state index < -0.39 is 102 Å². The van der Waals surface area contributed by atoms with Crippen LogP contribution in [0, 0.1) is 23.7 Å². The molecule has 0 amide bonds. The lowest BCUT2D eigenvalue weighted by Crippen LogP contribution is -2.61. The van der Waals surface area contributed by atoms with Crippen LogP contribution in [0.3, 0.4) is 0 Å². The first kappa shape index (κ1) is 52.1. The highest BCUT2D eigenvalue weighted by Gasteiger charge is 2.53. The molecule has 0 spiro atoms. The molecule has 4 rings (SSSR count). The Labute approximate surface area is 369 Å². The number of ether oxygens (including phenoxy) is 6. The van der Waals surface area contributed by atoms with Gasteiger partial charge in [-0.1, -0.05) is 51.0 Å². The van der Waals surface area contributed by atoms with Crippen molar-refractivity contribution in [1.82, 2.24) is 4.90 Å². The average Bonchev–Trinajstić information content (AvgIpc) is 3.22. The zero-order valence-corrected chi connectivity index (χ0v) is 39.6. The second kappa shape index (κ2) is 21.7. The fourth-order valence-electron chi connectivity index (χ4n) is 9.70. The summed E-state index contributed by atoms with van der Waals surface area (Å²) in [5.74, 6) is -4.05. The molecular formula is C46H79N3O13. The van der Waals surface area contributed by atoms with Crippen molar-refractivity contribution in [3.63, 3.8) is 0 Å². The number of aliphatic hydroxyl groups excluding tert-OH is 3. The summed E-state index contributed by atoms with van der Waals surface area (Å²) in [4.78, 5) is 24.3. The van der Waals surface area contributed by atoms with Gasteiger partial charge in [0.05, 0.1) is 59.9 Å². The van der Waals surface area contributed by atoms with Gasteiger partial charge >= 0.3 is 5.97 Å². The van der Waals surface area contributed by atoms with E-state index in [2.05, 4.69) is 5.16 Å². The zero-order chi connectivity index (χ0) is 46.5. The van der Waals surface area contributed by atoms with Gasteiger partial charge in [-0.05, 0) is 87.0 Å². The number of carbonyl (C=O) groups excluding carboxylic acids is 1. The fraction of sp³-hybridized carbons (Fsp3) is 0.826. The smallest absolute Gasteiger partial charge is 0.311 e. The zero-order valence-electron chi connectivity index (χ0n) is 39.6. The van der Waals surface area contributed by atoms with Crippen LogP contribution in [0.25, 0.3) is 0 Å². The number of cyclic esters (lactones) is 1. The SMILES string of the molecule is CC[C@@H]1OC(=O)[C@H](C)[C@@H](OC2C[C@@](C)(OC)[C@@H](O)[C@H](C)O2)[C@H](C)[C@@H](O[C@@H]2O[C@H](C)C[C@H](N(C)C)[C@H]2O)C(C)(O)C[C@@H](C)/C(=N\OCCN(C)c2ccccc2)[C@@H](C)[C@@H](O)[C@]1(C)O. The number of benzene rings is 1. The molecule has 0 saturated carbocycles. The lowest BCUT2D eigenvalue weighted by atomic mass is 9.73. The van der Waals surface area contributed by atoms with Crippen LogP contribution in [-0.4, -0.2) is 168 Å². The third-order valence-corrected chi connectivity index (χ3v) is 13.7. The van der Waals surface area contributed by atoms with E-state index in [1.54, 1.807) is 48.5 Å². The quantitative estimate of drug-likeness (QED) is 0.116. The summed E-state index contributed by atoms with van der Waals surface area (Å²) in [6, 6.07) is 9.50. The Morgan fingerprint density at radius 3 is 2.13 bits per heavy atom. The molecule has 0 aliphatic carbocycles. The molecule has 16 nitrogen and oxygen atoms in total. The van der Waals surface area contributed by atoms with Gasteiger partial charge < -0.3 is 68.6 Å². The van der Waals surface area contributed by atoms with Gasteiger partial charge in [0.1, 0.15) is 30.5 Å². The van der Waals surface area contributed by atoms with Crippen LogP contribution < -0.4 is 4.90 Å². The predicted octanol–water partition coefficient (Wildman–Crippen LogP) is 3.73. The summed E-state index contributed by atoms with van der Waals surface area (Å²) < 4.78 is 37.9. The Balaban J connectivity index is 1.83. The second-order valence-corrected chi connectivity index (χ2v) is 19.2. The van der Waals surface area contributed by atoms with Crippen LogP contribution in [0.15, 0.2) is 35.5 Å². The monoisotopic (exact) mass is 882 g/mol. The summed E-state index contributed by atoms with van der Waals surface area (Å²) in [5, 5.41) is 64.3. The summed E-state index contributed by atoms with van der Waals surface area (Å²) in [5.41, 5.74) is -3.40. The van der Waals surface area contributed by atoms with Gasteiger partial charge in [0.2, 0.25) is 0 Å². The minimum atomic E-state index is -1.95. The molecule has 18 atom stereocenters. The largest absolute Gasteiger partial charge is 0.459 e. The number of hydrogen-bond acceptors (Lipinski definition) is 16. The molecule has 1 aromatic rings. The highest BCUT2D eigenvalue weighted by Crippen LogP contribution is 2.41. The summed E-state index contributed by atoms with van der Waals surface area (Å²) in [7, 11) is 7.19. The van der Waals surface area contributed by atoms with Gasteiger partial charge in [-0.25, -0.2) is 0 Å². The normalized spacial score (nSPS) is 43.5. The maximum Gasteiger partial charge on any atom is 0.311 e. The van der Waals surface area contributed by atoms with Gasteiger partial charge in [-0.2, -0.15) is 0 Å². The second-order valence-electron chi connectivity index (χ2n) is 19.2. The molecule has 0 aromatic heterocycles. The van der Waals surface area contributed by atoms with Crippen LogP contribution in [0.5, 0.6) is 0 Å². The number of para-hydroxylation sites is 1. The lowest BCUT2D eigenvalue weighted by Gasteiger charge is -2.49. The first-order chi connectivity index (χ1) is 28.9. The molecule has 3 saturated heterocycles. The topological polar surface area (TPSA) is 202 Å². The molecule has 356 valence electrons. The van der Waals surface area contributed by atoms with E-state index in [4.69, 9.17) is 33.3 Å². The van der Waals surface area contributed by atoms with Gasteiger partial charge in [-0.15, -0.1) is 0 Å². The maximum absolute atomic E-state index is 14.4. The number of esters is 1. The van der Waals surface area contributed by atoms with E-state index >= 15 is 0 Å².